The maximum absolute atomic E-state index is 11.7. The number of hydrogen-bond donors (Lipinski definition) is 1. The van der Waals surface area contributed by atoms with Crippen LogP contribution in [0.15, 0.2) is 59.1 Å². The van der Waals surface area contributed by atoms with Gasteiger partial charge in [-0.15, -0.1) is 0 Å². The molecule has 0 heterocycles. The third-order valence-electron chi connectivity index (χ3n) is 3.13. The molecule has 20 heavy (non-hydrogen) atoms. The van der Waals surface area contributed by atoms with Gasteiger partial charge in [0.1, 0.15) is 0 Å². The van der Waals surface area contributed by atoms with E-state index in [2.05, 4.69) is 15.9 Å². The molecule has 0 aromatic heterocycles. The van der Waals surface area contributed by atoms with Crippen molar-refractivity contribution in [3.05, 3.63) is 70.2 Å². The van der Waals surface area contributed by atoms with Gasteiger partial charge < -0.3 is 5.11 Å². The molecule has 102 valence electrons. The molecular weight excluding hydrogens is 316 g/mol. The average Bonchev–Trinajstić information content (AvgIpc) is 2.46. The van der Waals surface area contributed by atoms with E-state index in [0.29, 0.717) is 12.0 Å². The molecule has 0 aliphatic carbocycles. The van der Waals surface area contributed by atoms with Crippen LogP contribution in [-0.4, -0.2) is 11.1 Å². The molecule has 0 fully saturated rings. The van der Waals surface area contributed by atoms with E-state index in [0.717, 1.165) is 21.2 Å². The van der Waals surface area contributed by atoms with E-state index in [9.17, 15) is 9.90 Å². The van der Waals surface area contributed by atoms with Crippen LogP contribution in [0.2, 0.25) is 0 Å². The van der Waals surface area contributed by atoms with E-state index >= 15 is 0 Å². The molecule has 0 saturated carbocycles. The summed E-state index contributed by atoms with van der Waals surface area (Å²) in [5, 5.41) is 9.61. The third-order valence-corrected chi connectivity index (χ3v) is 3.82. The summed E-state index contributed by atoms with van der Waals surface area (Å²) in [4.78, 5) is 11.7. The second-order valence-electron chi connectivity index (χ2n) is 4.36. The first kappa shape index (κ1) is 14.5. The second-order valence-corrected chi connectivity index (χ2v) is 5.21. The van der Waals surface area contributed by atoms with Crippen molar-refractivity contribution < 1.29 is 9.90 Å². The van der Waals surface area contributed by atoms with Gasteiger partial charge in [-0.2, -0.15) is 0 Å². The van der Waals surface area contributed by atoms with Crippen LogP contribution in [-0.2, 0) is 4.79 Å². The highest BCUT2D eigenvalue weighted by Crippen LogP contribution is 2.33. The van der Waals surface area contributed by atoms with Gasteiger partial charge >= 0.3 is 5.97 Å². The summed E-state index contributed by atoms with van der Waals surface area (Å²) in [5.74, 6) is -0.899. The minimum atomic E-state index is -0.899. The fourth-order valence-electron chi connectivity index (χ4n) is 2.24. The van der Waals surface area contributed by atoms with Crippen LogP contribution < -0.4 is 0 Å². The predicted octanol–water partition coefficient (Wildman–Crippen LogP) is 4.85. The SMILES string of the molecule is CC/C(=C(\C(=O)O)c1ccccc1)c1ccccc1Br. The molecule has 0 unspecified atom stereocenters. The van der Waals surface area contributed by atoms with Crippen LogP contribution >= 0.6 is 15.9 Å². The summed E-state index contributed by atoms with van der Waals surface area (Å²) in [6, 6.07) is 16.9. The van der Waals surface area contributed by atoms with E-state index < -0.39 is 5.97 Å². The molecule has 0 atom stereocenters. The number of allylic oxidation sites excluding steroid dienone is 1. The smallest absolute Gasteiger partial charge is 0.336 e. The van der Waals surface area contributed by atoms with Gasteiger partial charge in [0.25, 0.3) is 0 Å². The molecule has 2 nitrogen and oxygen atoms in total. The summed E-state index contributed by atoms with van der Waals surface area (Å²) in [5.41, 5.74) is 2.85. The lowest BCUT2D eigenvalue weighted by Crippen LogP contribution is -2.04. The Morgan fingerprint density at radius 1 is 1.05 bits per heavy atom. The highest BCUT2D eigenvalue weighted by molar-refractivity contribution is 9.10. The Morgan fingerprint density at radius 3 is 2.20 bits per heavy atom. The Labute approximate surface area is 126 Å². The monoisotopic (exact) mass is 330 g/mol. The number of carbonyl (C=O) groups is 1. The number of carboxylic acid groups (broad SMARTS) is 1. The van der Waals surface area contributed by atoms with Crippen molar-refractivity contribution in [2.45, 2.75) is 13.3 Å². The van der Waals surface area contributed by atoms with Gasteiger partial charge in [-0.1, -0.05) is 71.4 Å². The zero-order chi connectivity index (χ0) is 14.5. The van der Waals surface area contributed by atoms with E-state index in [1.54, 1.807) is 0 Å². The largest absolute Gasteiger partial charge is 0.478 e. The number of carboxylic acids is 1. The lowest BCUT2D eigenvalue weighted by molar-refractivity contribution is -0.130. The first-order valence-corrected chi connectivity index (χ1v) is 7.21. The fraction of sp³-hybridized carbons (Fsp3) is 0.118. The molecule has 2 aromatic rings. The molecule has 1 N–H and O–H groups in total. The summed E-state index contributed by atoms with van der Waals surface area (Å²) in [7, 11) is 0. The number of benzene rings is 2. The predicted molar refractivity (Wildman–Crippen MR) is 85.3 cm³/mol. The highest BCUT2D eigenvalue weighted by Gasteiger charge is 2.18. The van der Waals surface area contributed by atoms with Gasteiger partial charge in [0.2, 0.25) is 0 Å². The number of rotatable bonds is 4. The minimum Gasteiger partial charge on any atom is -0.478 e. The lowest BCUT2D eigenvalue weighted by Gasteiger charge is -2.13. The van der Waals surface area contributed by atoms with Crippen molar-refractivity contribution in [2.24, 2.45) is 0 Å². The molecule has 2 rings (SSSR count). The Balaban J connectivity index is 2.70. The van der Waals surface area contributed by atoms with E-state index in [1.807, 2.05) is 61.5 Å². The van der Waals surface area contributed by atoms with Crippen LogP contribution in [0, 0.1) is 0 Å². The van der Waals surface area contributed by atoms with Crippen LogP contribution in [0.5, 0.6) is 0 Å². The Morgan fingerprint density at radius 2 is 1.65 bits per heavy atom. The zero-order valence-electron chi connectivity index (χ0n) is 11.1. The maximum Gasteiger partial charge on any atom is 0.336 e. The fourth-order valence-corrected chi connectivity index (χ4v) is 2.76. The standard InChI is InChI=1S/C17H15BrO2/c1-2-13(14-10-6-7-11-15(14)18)16(17(19)20)12-8-4-3-5-9-12/h3-11H,2H2,1H3,(H,19,20)/b16-13+. The number of hydrogen-bond acceptors (Lipinski definition) is 1. The molecule has 0 bridgehead atoms. The number of aliphatic carboxylic acids is 1. The van der Waals surface area contributed by atoms with Gasteiger partial charge in [-0.3, -0.25) is 0 Å². The van der Waals surface area contributed by atoms with Crippen molar-refractivity contribution in [1.82, 2.24) is 0 Å². The summed E-state index contributed by atoms with van der Waals surface area (Å²) >= 11 is 3.50. The van der Waals surface area contributed by atoms with Crippen molar-refractivity contribution in [1.29, 1.82) is 0 Å². The third kappa shape index (κ3) is 2.99. The van der Waals surface area contributed by atoms with Crippen molar-refractivity contribution in [3.63, 3.8) is 0 Å². The van der Waals surface area contributed by atoms with Gasteiger partial charge in [-0.25, -0.2) is 4.79 Å². The van der Waals surface area contributed by atoms with Crippen molar-refractivity contribution in [2.75, 3.05) is 0 Å². The molecule has 0 radical (unpaired) electrons. The normalized spacial score (nSPS) is 11.9. The number of halogens is 1. The van der Waals surface area contributed by atoms with Crippen LogP contribution in [0.3, 0.4) is 0 Å². The van der Waals surface area contributed by atoms with Gasteiger partial charge in [0.15, 0.2) is 0 Å². The topological polar surface area (TPSA) is 37.3 Å². The van der Waals surface area contributed by atoms with E-state index in [-0.39, 0.29) is 0 Å². The molecular formula is C17H15BrO2. The van der Waals surface area contributed by atoms with Crippen LogP contribution in [0.25, 0.3) is 11.1 Å². The quantitative estimate of drug-likeness (QED) is 0.642. The lowest BCUT2D eigenvalue weighted by atomic mass is 9.93. The molecule has 0 aliphatic heterocycles. The highest BCUT2D eigenvalue weighted by atomic mass is 79.9. The molecule has 0 spiro atoms. The van der Waals surface area contributed by atoms with Gasteiger partial charge in [0, 0.05) is 4.47 Å². The molecule has 2 aromatic carbocycles. The first-order valence-electron chi connectivity index (χ1n) is 6.42. The molecule has 3 heteroatoms. The maximum atomic E-state index is 11.7. The van der Waals surface area contributed by atoms with Crippen LogP contribution in [0.1, 0.15) is 24.5 Å². The first-order chi connectivity index (χ1) is 9.65. The van der Waals surface area contributed by atoms with Gasteiger partial charge in [-0.05, 0) is 29.2 Å². The van der Waals surface area contributed by atoms with E-state index in [1.165, 1.54) is 0 Å². The van der Waals surface area contributed by atoms with Crippen molar-refractivity contribution >= 4 is 33.0 Å². The summed E-state index contributed by atoms with van der Waals surface area (Å²) in [6.45, 7) is 1.97. The Hall–Kier alpha value is -1.87. The molecule has 0 aliphatic rings. The summed E-state index contributed by atoms with van der Waals surface area (Å²) < 4.78 is 0.909. The molecule has 0 amide bonds. The Kier molecular flexibility index (Phi) is 4.74. The minimum absolute atomic E-state index is 0.361. The zero-order valence-corrected chi connectivity index (χ0v) is 12.7. The van der Waals surface area contributed by atoms with E-state index in [4.69, 9.17) is 0 Å². The summed E-state index contributed by atoms with van der Waals surface area (Å²) in [6.07, 6.45) is 0.652. The Bertz CT molecular complexity index is 645. The molecule has 0 saturated heterocycles. The van der Waals surface area contributed by atoms with Crippen molar-refractivity contribution in [3.8, 4) is 0 Å². The average molecular weight is 331 g/mol. The van der Waals surface area contributed by atoms with Gasteiger partial charge in [0.05, 0.1) is 5.57 Å². The van der Waals surface area contributed by atoms with Crippen LogP contribution in [0.4, 0.5) is 0 Å². The second kappa shape index (κ2) is 6.53.